The van der Waals surface area contributed by atoms with Crippen molar-refractivity contribution in [1.29, 1.82) is 5.26 Å². The number of piperidine rings is 1. The van der Waals surface area contributed by atoms with Crippen LogP contribution in [0, 0.1) is 23.1 Å². The summed E-state index contributed by atoms with van der Waals surface area (Å²) in [6.07, 6.45) is 5.11. The van der Waals surface area contributed by atoms with E-state index in [2.05, 4.69) is 10.2 Å². The summed E-state index contributed by atoms with van der Waals surface area (Å²) in [5.74, 6) is 0.424. The number of halogens is 1. The van der Waals surface area contributed by atoms with Crippen LogP contribution in [0.2, 0.25) is 0 Å². The number of nitrogens with one attached hydrogen (secondary N) is 1. The van der Waals surface area contributed by atoms with Crippen molar-refractivity contribution in [3.8, 4) is 6.07 Å². The average molecular weight is 287 g/mol. The first kappa shape index (κ1) is 14.5. The summed E-state index contributed by atoms with van der Waals surface area (Å²) in [4.78, 5) is 2.34. The third kappa shape index (κ3) is 4.03. The molecule has 1 unspecified atom stereocenters. The Morgan fingerprint density at radius 2 is 2.19 bits per heavy atom. The van der Waals surface area contributed by atoms with E-state index in [0.717, 1.165) is 25.7 Å². The van der Waals surface area contributed by atoms with Crippen LogP contribution in [0.4, 0.5) is 4.39 Å². The van der Waals surface area contributed by atoms with E-state index < -0.39 is 0 Å². The second kappa shape index (κ2) is 6.55. The summed E-state index contributed by atoms with van der Waals surface area (Å²) in [5.41, 5.74) is 1.09. The number of rotatable bonds is 5. The third-order valence-corrected chi connectivity index (χ3v) is 4.45. The first-order valence-electron chi connectivity index (χ1n) is 7.89. The fraction of sp³-hybridized carbons (Fsp3) is 0.588. The van der Waals surface area contributed by atoms with Crippen molar-refractivity contribution < 1.29 is 4.39 Å². The molecule has 2 aliphatic rings. The van der Waals surface area contributed by atoms with E-state index >= 15 is 0 Å². The summed E-state index contributed by atoms with van der Waals surface area (Å²) in [5, 5.41) is 12.4. The monoisotopic (exact) mass is 287 g/mol. The normalized spacial score (nSPS) is 23.0. The second-order valence-corrected chi connectivity index (χ2v) is 6.34. The fourth-order valence-electron chi connectivity index (χ4n) is 3.07. The number of likely N-dealkylation sites (tertiary alicyclic amines) is 1. The van der Waals surface area contributed by atoms with Crippen LogP contribution in [-0.2, 0) is 6.54 Å². The summed E-state index contributed by atoms with van der Waals surface area (Å²) in [7, 11) is 0. The largest absolute Gasteiger partial charge is 0.314 e. The Labute approximate surface area is 125 Å². The topological polar surface area (TPSA) is 39.1 Å². The van der Waals surface area contributed by atoms with Crippen molar-refractivity contribution in [2.75, 3.05) is 19.6 Å². The minimum absolute atomic E-state index is 0.257. The van der Waals surface area contributed by atoms with E-state index in [-0.39, 0.29) is 5.82 Å². The minimum Gasteiger partial charge on any atom is -0.314 e. The Balaban J connectivity index is 1.55. The molecule has 1 heterocycles. The Kier molecular flexibility index (Phi) is 4.52. The highest BCUT2D eigenvalue weighted by atomic mass is 19.1. The summed E-state index contributed by atoms with van der Waals surface area (Å²) in [6, 6.07) is 7.53. The van der Waals surface area contributed by atoms with Crippen molar-refractivity contribution in [2.45, 2.75) is 38.3 Å². The number of hydrogen-bond acceptors (Lipinski definition) is 3. The molecule has 112 valence electrons. The van der Waals surface area contributed by atoms with E-state index in [1.54, 1.807) is 12.1 Å². The van der Waals surface area contributed by atoms with Crippen molar-refractivity contribution in [1.82, 2.24) is 10.2 Å². The standard InChI is InChI=1S/C17H22FN3/c18-17-8-13(9-19)3-4-15(17)12-21-7-1-2-14(11-21)10-20-16-5-6-16/h3-4,8,14,16,20H,1-2,5-7,10-12H2. The first-order chi connectivity index (χ1) is 10.2. The van der Waals surface area contributed by atoms with E-state index in [4.69, 9.17) is 5.26 Å². The molecule has 0 radical (unpaired) electrons. The first-order valence-corrected chi connectivity index (χ1v) is 7.89. The van der Waals surface area contributed by atoms with Gasteiger partial charge in [0.1, 0.15) is 5.82 Å². The smallest absolute Gasteiger partial charge is 0.129 e. The lowest BCUT2D eigenvalue weighted by atomic mass is 9.97. The minimum atomic E-state index is -0.257. The quantitative estimate of drug-likeness (QED) is 0.905. The van der Waals surface area contributed by atoms with E-state index in [0.29, 0.717) is 23.6 Å². The predicted molar refractivity (Wildman–Crippen MR) is 80.1 cm³/mol. The third-order valence-electron chi connectivity index (χ3n) is 4.45. The maximum atomic E-state index is 14.0. The maximum absolute atomic E-state index is 14.0. The molecule has 1 atom stereocenters. The molecule has 1 aromatic carbocycles. The van der Waals surface area contributed by atoms with Gasteiger partial charge in [0.15, 0.2) is 0 Å². The molecule has 1 aliphatic heterocycles. The maximum Gasteiger partial charge on any atom is 0.129 e. The Morgan fingerprint density at radius 1 is 1.33 bits per heavy atom. The van der Waals surface area contributed by atoms with Crippen LogP contribution in [0.1, 0.15) is 36.8 Å². The molecule has 3 nitrogen and oxygen atoms in total. The zero-order valence-corrected chi connectivity index (χ0v) is 12.3. The van der Waals surface area contributed by atoms with Crippen LogP contribution in [0.5, 0.6) is 0 Å². The lowest BCUT2D eigenvalue weighted by Gasteiger charge is -2.33. The highest BCUT2D eigenvalue weighted by Gasteiger charge is 2.25. The van der Waals surface area contributed by atoms with Gasteiger partial charge in [-0.1, -0.05) is 6.07 Å². The molecule has 2 fully saturated rings. The molecule has 1 N–H and O–H groups in total. The van der Waals surface area contributed by atoms with Gasteiger partial charge in [-0.05, 0) is 56.8 Å². The molecule has 3 rings (SSSR count). The van der Waals surface area contributed by atoms with Gasteiger partial charge in [0, 0.05) is 24.7 Å². The lowest BCUT2D eigenvalue weighted by molar-refractivity contribution is 0.163. The van der Waals surface area contributed by atoms with Crippen LogP contribution in [-0.4, -0.2) is 30.6 Å². The zero-order valence-electron chi connectivity index (χ0n) is 12.3. The molecule has 0 aromatic heterocycles. The van der Waals surface area contributed by atoms with Crippen LogP contribution in [0.15, 0.2) is 18.2 Å². The summed E-state index contributed by atoms with van der Waals surface area (Å²) < 4.78 is 14.0. The molecular weight excluding hydrogens is 265 g/mol. The Hall–Kier alpha value is -1.44. The van der Waals surface area contributed by atoms with Crippen molar-refractivity contribution in [3.05, 3.63) is 35.1 Å². The van der Waals surface area contributed by atoms with Gasteiger partial charge in [-0.3, -0.25) is 4.90 Å². The van der Waals surface area contributed by atoms with Gasteiger partial charge < -0.3 is 5.32 Å². The molecular formula is C17H22FN3. The highest BCUT2D eigenvalue weighted by molar-refractivity contribution is 5.32. The van der Waals surface area contributed by atoms with Crippen molar-refractivity contribution in [2.24, 2.45) is 5.92 Å². The van der Waals surface area contributed by atoms with Gasteiger partial charge in [-0.2, -0.15) is 5.26 Å². The molecule has 21 heavy (non-hydrogen) atoms. The second-order valence-electron chi connectivity index (χ2n) is 6.34. The lowest BCUT2D eigenvalue weighted by Crippen LogP contribution is -2.39. The van der Waals surface area contributed by atoms with Gasteiger partial charge >= 0.3 is 0 Å². The molecule has 1 aromatic rings. The molecule has 1 saturated heterocycles. The van der Waals surface area contributed by atoms with E-state index in [1.807, 2.05) is 6.07 Å². The SMILES string of the molecule is N#Cc1ccc(CN2CCCC(CNC3CC3)C2)c(F)c1. The summed E-state index contributed by atoms with van der Waals surface area (Å²) in [6.45, 7) is 3.83. The fourth-order valence-corrected chi connectivity index (χ4v) is 3.07. The Bertz CT molecular complexity index is 533. The van der Waals surface area contributed by atoms with Crippen LogP contribution in [0.3, 0.4) is 0 Å². The van der Waals surface area contributed by atoms with Gasteiger partial charge in [0.05, 0.1) is 11.6 Å². The Morgan fingerprint density at radius 3 is 2.90 bits per heavy atom. The van der Waals surface area contributed by atoms with Gasteiger partial charge in [0.25, 0.3) is 0 Å². The number of nitrogens with zero attached hydrogens (tertiary/aromatic N) is 2. The van der Waals surface area contributed by atoms with E-state index in [9.17, 15) is 4.39 Å². The van der Waals surface area contributed by atoms with Gasteiger partial charge in [0.2, 0.25) is 0 Å². The highest BCUT2D eigenvalue weighted by Crippen LogP contribution is 2.22. The van der Waals surface area contributed by atoms with Crippen molar-refractivity contribution in [3.63, 3.8) is 0 Å². The number of benzene rings is 1. The molecule has 1 saturated carbocycles. The number of nitriles is 1. The molecule has 0 bridgehead atoms. The summed E-state index contributed by atoms with van der Waals surface area (Å²) >= 11 is 0. The van der Waals surface area contributed by atoms with Gasteiger partial charge in [-0.25, -0.2) is 4.39 Å². The number of hydrogen-bond donors (Lipinski definition) is 1. The van der Waals surface area contributed by atoms with Crippen LogP contribution < -0.4 is 5.32 Å². The van der Waals surface area contributed by atoms with Crippen LogP contribution in [0.25, 0.3) is 0 Å². The molecule has 0 amide bonds. The van der Waals surface area contributed by atoms with E-state index in [1.165, 1.54) is 31.7 Å². The average Bonchev–Trinajstić information content (AvgIpc) is 3.32. The zero-order chi connectivity index (χ0) is 14.7. The van der Waals surface area contributed by atoms with Gasteiger partial charge in [-0.15, -0.1) is 0 Å². The molecule has 0 spiro atoms. The van der Waals surface area contributed by atoms with Crippen LogP contribution >= 0.6 is 0 Å². The van der Waals surface area contributed by atoms with Crippen molar-refractivity contribution >= 4 is 0 Å². The molecule has 4 heteroatoms. The predicted octanol–water partition coefficient (Wildman–Crippen LogP) is 2.66. The molecule has 1 aliphatic carbocycles.